The zero-order chi connectivity index (χ0) is 9.94. The molecule has 0 aromatic carbocycles. The summed E-state index contributed by atoms with van der Waals surface area (Å²) >= 11 is 0. The molecule has 0 N–H and O–H groups in total. The second-order valence-electron chi connectivity index (χ2n) is 2.75. The summed E-state index contributed by atoms with van der Waals surface area (Å²) in [6, 6.07) is 0. The van der Waals surface area contributed by atoms with Crippen LogP contribution in [0.15, 0.2) is 36.5 Å². The first kappa shape index (κ1) is 11.9. The quantitative estimate of drug-likeness (QED) is 0.263. The topological polar surface area (TPSA) is 17.1 Å². The molecule has 0 aliphatic heterocycles. The summed E-state index contributed by atoms with van der Waals surface area (Å²) in [4.78, 5) is 10.8. The number of hydrogen-bond donors (Lipinski definition) is 0. The van der Waals surface area contributed by atoms with Gasteiger partial charge in [-0.1, -0.05) is 37.3 Å². The second kappa shape index (κ2) is 8.98. The van der Waals surface area contributed by atoms with Crippen LogP contribution in [0.4, 0.5) is 0 Å². The van der Waals surface area contributed by atoms with Gasteiger partial charge in [-0.25, -0.2) is 0 Å². The Bertz CT molecular complexity index is 209. The van der Waals surface area contributed by atoms with E-state index in [1.165, 1.54) is 0 Å². The Hall–Kier alpha value is -1.11. The van der Waals surface area contributed by atoms with E-state index in [4.69, 9.17) is 0 Å². The average Bonchev–Trinajstić information content (AvgIpc) is 2.16. The van der Waals surface area contributed by atoms with Crippen LogP contribution >= 0.6 is 0 Å². The molecule has 72 valence electrons. The standard InChI is InChI=1S/C12H18O/c1-3-5-6-7-8-9-10-11-12(13)4-2/h3,5,8-11H,4,6-7H2,1-2H3. The van der Waals surface area contributed by atoms with E-state index in [0.717, 1.165) is 12.8 Å². The van der Waals surface area contributed by atoms with Crippen LogP contribution in [-0.2, 0) is 4.79 Å². The van der Waals surface area contributed by atoms with Gasteiger partial charge in [0.25, 0.3) is 0 Å². The first-order chi connectivity index (χ1) is 6.31. The van der Waals surface area contributed by atoms with Crippen LogP contribution < -0.4 is 0 Å². The van der Waals surface area contributed by atoms with Crippen LogP contribution in [0.25, 0.3) is 0 Å². The molecule has 0 saturated heterocycles. The van der Waals surface area contributed by atoms with Gasteiger partial charge in [-0.05, 0) is 25.8 Å². The maximum absolute atomic E-state index is 10.8. The smallest absolute Gasteiger partial charge is 0.155 e. The van der Waals surface area contributed by atoms with Crippen LogP contribution in [0.3, 0.4) is 0 Å². The zero-order valence-corrected chi connectivity index (χ0v) is 8.49. The summed E-state index contributed by atoms with van der Waals surface area (Å²) in [5.74, 6) is 0.179. The van der Waals surface area contributed by atoms with Crippen molar-refractivity contribution in [2.24, 2.45) is 0 Å². The lowest BCUT2D eigenvalue weighted by Crippen LogP contribution is -1.85. The lowest BCUT2D eigenvalue weighted by atomic mass is 10.2. The summed E-state index contributed by atoms with van der Waals surface area (Å²) in [7, 11) is 0. The predicted molar refractivity (Wildman–Crippen MR) is 57.6 cm³/mol. The van der Waals surface area contributed by atoms with Crippen LogP contribution in [0.2, 0.25) is 0 Å². The number of hydrogen-bond acceptors (Lipinski definition) is 1. The molecule has 1 heteroatoms. The van der Waals surface area contributed by atoms with Gasteiger partial charge >= 0.3 is 0 Å². The van der Waals surface area contributed by atoms with E-state index < -0.39 is 0 Å². The summed E-state index contributed by atoms with van der Waals surface area (Å²) in [5.41, 5.74) is 0. The van der Waals surface area contributed by atoms with Gasteiger partial charge in [0.2, 0.25) is 0 Å². The van der Waals surface area contributed by atoms with Crippen molar-refractivity contribution >= 4 is 5.78 Å². The minimum absolute atomic E-state index is 0.179. The zero-order valence-electron chi connectivity index (χ0n) is 8.49. The number of carbonyl (C=O) groups excluding carboxylic acids is 1. The number of rotatable bonds is 6. The minimum atomic E-state index is 0.179. The highest BCUT2D eigenvalue weighted by molar-refractivity contribution is 5.89. The third-order valence-electron chi connectivity index (χ3n) is 1.61. The normalized spacial score (nSPS) is 12.2. The van der Waals surface area contributed by atoms with Crippen LogP contribution in [0, 0.1) is 0 Å². The van der Waals surface area contributed by atoms with Gasteiger partial charge in [0.1, 0.15) is 0 Å². The summed E-state index contributed by atoms with van der Waals surface area (Å²) < 4.78 is 0. The Balaban J connectivity index is 3.51. The van der Waals surface area contributed by atoms with E-state index in [1.54, 1.807) is 6.08 Å². The molecule has 0 aromatic rings. The lowest BCUT2D eigenvalue weighted by Gasteiger charge is -1.84. The monoisotopic (exact) mass is 178 g/mol. The number of unbranched alkanes of at least 4 members (excludes halogenated alkanes) is 1. The second-order valence-corrected chi connectivity index (χ2v) is 2.75. The van der Waals surface area contributed by atoms with Gasteiger partial charge in [0, 0.05) is 6.42 Å². The van der Waals surface area contributed by atoms with Gasteiger partial charge in [-0.3, -0.25) is 4.79 Å². The van der Waals surface area contributed by atoms with E-state index in [-0.39, 0.29) is 5.78 Å². The molecule has 0 aliphatic carbocycles. The van der Waals surface area contributed by atoms with Gasteiger partial charge in [-0.2, -0.15) is 0 Å². The van der Waals surface area contributed by atoms with Crippen molar-refractivity contribution in [2.75, 3.05) is 0 Å². The maximum atomic E-state index is 10.8. The average molecular weight is 178 g/mol. The molecule has 0 radical (unpaired) electrons. The van der Waals surface area contributed by atoms with Crippen molar-refractivity contribution in [3.8, 4) is 0 Å². The molecule has 1 nitrogen and oxygen atoms in total. The van der Waals surface area contributed by atoms with Crippen LogP contribution in [-0.4, -0.2) is 5.78 Å². The Morgan fingerprint density at radius 1 is 1.15 bits per heavy atom. The number of allylic oxidation sites excluding steroid dienone is 6. The Morgan fingerprint density at radius 2 is 1.85 bits per heavy atom. The molecule has 0 bridgehead atoms. The highest BCUT2D eigenvalue weighted by Crippen LogP contribution is 1.93. The molecule has 0 unspecified atom stereocenters. The molecule has 0 atom stereocenters. The number of ketones is 1. The molecule has 0 heterocycles. The molecular formula is C12H18O. The predicted octanol–water partition coefficient (Wildman–Crippen LogP) is 3.43. The van der Waals surface area contributed by atoms with Crippen molar-refractivity contribution in [1.29, 1.82) is 0 Å². The molecule has 0 amide bonds. The fraction of sp³-hybridized carbons (Fsp3) is 0.417. The fourth-order valence-electron chi connectivity index (χ4n) is 0.815. The number of carbonyl (C=O) groups is 1. The Kier molecular flexibility index (Phi) is 8.21. The molecule has 0 saturated carbocycles. The maximum Gasteiger partial charge on any atom is 0.155 e. The third-order valence-corrected chi connectivity index (χ3v) is 1.61. The molecule has 0 aliphatic rings. The molecular weight excluding hydrogens is 160 g/mol. The fourth-order valence-corrected chi connectivity index (χ4v) is 0.815. The summed E-state index contributed by atoms with van der Waals surface area (Å²) in [5, 5.41) is 0. The van der Waals surface area contributed by atoms with Gasteiger partial charge in [0.05, 0.1) is 0 Å². The van der Waals surface area contributed by atoms with Gasteiger partial charge < -0.3 is 0 Å². The Labute approximate surface area is 80.8 Å². The van der Waals surface area contributed by atoms with Crippen molar-refractivity contribution in [3.63, 3.8) is 0 Å². The van der Waals surface area contributed by atoms with E-state index in [2.05, 4.69) is 12.2 Å². The van der Waals surface area contributed by atoms with Crippen molar-refractivity contribution in [1.82, 2.24) is 0 Å². The largest absolute Gasteiger partial charge is 0.295 e. The molecule has 0 rings (SSSR count). The molecule has 0 aromatic heterocycles. The Morgan fingerprint density at radius 3 is 2.46 bits per heavy atom. The minimum Gasteiger partial charge on any atom is -0.295 e. The van der Waals surface area contributed by atoms with E-state index >= 15 is 0 Å². The van der Waals surface area contributed by atoms with Crippen LogP contribution in [0.1, 0.15) is 33.1 Å². The van der Waals surface area contributed by atoms with Gasteiger partial charge in [0.15, 0.2) is 5.78 Å². The SMILES string of the molecule is CC=CCCC=CC=CC(=O)CC. The highest BCUT2D eigenvalue weighted by Gasteiger charge is 1.85. The van der Waals surface area contributed by atoms with E-state index in [0.29, 0.717) is 6.42 Å². The molecule has 13 heavy (non-hydrogen) atoms. The summed E-state index contributed by atoms with van der Waals surface area (Å²) in [6.07, 6.45) is 14.3. The highest BCUT2D eigenvalue weighted by atomic mass is 16.1. The summed E-state index contributed by atoms with van der Waals surface area (Å²) in [6.45, 7) is 3.88. The molecule has 0 fully saturated rings. The van der Waals surface area contributed by atoms with E-state index in [9.17, 15) is 4.79 Å². The molecule has 0 spiro atoms. The lowest BCUT2D eigenvalue weighted by molar-refractivity contribution is -0.114. The van der Waals surface area contributed by atoms with Crippen molar-refractivity contribution < 1.29 is 4.79 Å². The van der Waals surface area contributed by atoms with E-state index in [1.807, 2.05) is 32.1 Å². The van der Waals surface area contributed by atoms with Crippen molar-refractivity contribution in [2.45, 2.75) is 33.1 Å². The third kappa shape index (κ3) is 8.80. The van der Waals surface area contributed by atoms with Crippen molar-refractivity contribution in [3.05, 3.63) is 36.5 Å². The first-order valence-electron chi connectivity index (χ1n) is 4.78. The van der Waals surface area contributed by atoms with Crippen LogP contribution in [0.5, 0.6) is 0 Å². The first-order valence-corrected chi connectivity index (χ1v) is 4.78. The van der Waals surface area contributed by atoms with Gasteiger partial charge in [-0.15, -0.1) is 0 Å².